The van der Waals surface area contributed by atoms with Crippen LogP contribution in [-0.2, 0) is 0 Å². The van der Waals surface area contributed by atoms with E-state index in [4.69, 9.17) is 14.4 Å². The van der Waals surface area contributed by atoms with Crippen molar-refractivity contribution in [2.24, 2.45) is 9.98 Å². The summed E-state index contributed by atoms with van der Waals surface area (Å²) in [6, 6.07) is 64.2. The third-order valence-electron chi connectivity index (χ3n) is 11.3. The number of para-hydroxylation sites is 2. The third-order valence-corrected chi connectivity index (χ3v) is 12.6. The molecule has 6 heteroatoms. The van der Waals surface area contributed by atoms with Crippen molar-refractivity contribution in [1.29, 1.82) is 0 Å². The highest BCUT2D eigenvalue weighted by Crippen LogP contribution is 2.46. The van der Waals surface area contributed by atoms with Crippen LogP contribution in [0.4, 0.5) is 0 Å². The number of thiophene rings is 1. The quantitative estimate of drug-likeness (QED) is 0.191. The Morgan fingerprint density at radius 1 is 0.509 bits per heavy atom. The molecule has 0 radical (unpaired) electrons. The number of nitrogens with one attached hydrogen (secondary N) is 1. The molecule has 1 N–H and O–H groups in total. The number of benzene rings is 8. The first-order valence-corrected chi connectivity index (χ1v) is 20.0. The molecule has 12 rings (SSSR count). The van der Waals surface area contributed by atoms with Gasteiger partial charge in [0.1, 0.15) is 23.2 Å². The minimum absolute atomic E-state index is 0.321. The maximum atomic E-state index is 6.70. The van der Waals surface area contributed by atoms with Gasteiger partial charge in [0.2, 0.25) is 0 Å². The molecule has 0 saturated carbocycles. The van der Waals surface area contributed by atoms with Crippen molar-refractivity contribution in [2.45, 2.75) is 6.17 Å². The second kappa shape index (κ2) is 12.6. The first kappa shape index (κ1) is 32.0. The van der Waals surface area contributed by atoms with Gasteiger partial charge in [0, 0.05) is 75.7 Å². The highest BCUT2D eigenvalue weighted by molar-refractivity contribution is 7.26. The van der Waals surface area contributed by atoms with Crippen molar-refractivity contribution >= 4 is 86.9 Å². The Kier molecular flexibility index (Phi) is 7.09. The van der Waals surface area contributed by atoms with E-state index in [0.29, 0.717) is 0 Å². The first-order valence-electron chi connectivity index (χ1n) is 19.2. The number of amidine groups is 2. The number of hydrogen-bond donors (Lipinski definition) is 1. The Labute approximate surface area is 331 Å². The van der Waals surface area contributed by atoms with Gasteiger partial charge in [0.05, 0.1) is 11.0 Å². The topological polar surface area (TPSA) is 54.8 Å². The van der Waals surface area contributed by atoms with Crippen molar-refractivity contribution in [1.82, 2.24) is 9.88 Å². The molecular weight excluding hydrogens is 717 g/mol. The van der Waals surface area contributed by atoms with Crippen molar-refractivity contribution in [3.05, 3.63) is 199 Å². The van der Waals surface area contributed by atoms with E-state index in [0.717, 1.165) is 61.6 Å². The summed E-state index contributed by atoms with van der Waals surface area (Å²) in [5.74, 6) is 1.53. The molecule has 3 aromatic heterocycles. The molecule has 1 aliphatic rings. The number of fused-ring (bicyclic) bond motifs is 9. The van der Waals surface area contributed by atoms with Crippen LogP contribution in [0.2, 0.25) is 0 Å². The van der Waals surface area contributed by atoms with Crippen molar-refractivity contribution < 1.29 is 4.42 Å². The van der Waals surface area contributed by atoms with E-state index in [1.807, 2.05) is 47.7 Å². The zero-order valence-corrected chi connectivity index (χ0v) is 31.4. The summed E-state index contributed by atoms with van der Waals surface area (Å²) >= 11 is 1.83. The molecule has 0 fully saturated rings. The minimum Gasteiger partial charge on any atom is -0.456 e. The predicted octanol–water partition coefficient (Wildman–Crippen LogP) is 13.2. The fraction of sp³-hybridized carbons (Fsp3) is 0.0196. The van der Waals surface area contributed by atoms with Crippen LogP contribution in [0.1, 0.15) is 22.9 Å². The van der Waals surface area contributed by atoms with Gasteiger partial charge in [-0.2, -0.15) is 0 Å². The van der Waals surface area contributed by atoms with Crippen molar-refractivity contribution in [3.8, 4) is 16.8 Å². The Morgan fingerprint density at radius 3 is 1.91 bits per heavy atom. The van der Waals surface area contributed by atoms with Gasteiger partial charge in [-0.3, -0.25) is 0 Å². The summed E-state index contributed by atoms with van der Waals surface area (Å²) in [4.78, 5) is 10.3. The van der Waals surface area contributed by atoms with Crippen LogP contribution in [0, 0.1) is 0 Å². The van der Waals surface area contributed by atoms with E-state index in [1.165, 1.54) is 47.5 Å². The molecule has 57 heavy (non-hydrogen) atoms. The average molecular weight is 749 g/mol. The zero-order valence-electron chi connectivity index (χ0n) is 30.6. The summed E-state index contributed by atoms with van der Waals surface area (Å²) in [7, 11) is 0. The molecule has 0 amide bonds. The smallest absolute Gasteiger partial charge is 0.159 e. The van der Waals surface area contributed by atoms with Crippen LogP contribution in [0.15, 0.2) is 196 Å². The summed E-state index contributed by atoms with van der Waals surface area (Å²) in [6.45, 7) is 0. The fourth-order valence-electron chi connectivity index (χ4n) is 8.72. The lowest BCUT2D eigenvalue weighted by molar-refractivity contribution is 0.668. The summed E-state index contributed by atoms with van der Waals surface area (Å²) in [5, 5.41) is 10.9. The molecular formula is C51H32N4OS. The van der Waals surface area contributed by atoms with Gasteiger partial charge in [-0.05, 0) is 35.9 Å². The molecule has 8 aromatic carbocycles. The summed E-state index contributed by atoms with van der Waals surface area (Å²) < 4.78 is 11.5. The van der Waals surface area contributed by atoms with Crippen LogP contribution in [0.5, 0.6) is 0 Å². The molecule has 0 saturated heterocycles. The van der Waals surface area contributed by atoms with Gasteiger partial charge in [0.15, 0.2) is 5.84 Å². The molecule has 0 spiro atoms. The van der Waals surface area contributed by atoms with E-state index in [9.17, 15) is 0 Å². The maximum Gasteiger partial charge on any atom is 0.159 e. The number of furan rings is 1. The molecule has 0 bridgehead atoms. The third kappa shape index (κ3) is 5.01. The molecule has 268 valence electrons. The first-order chi connectivity index (χ1) is 28.3. The van der Waals surface area contributed by atoms with Gasteiger partial charge in [-0.15, -0.1) is 11.3 Å². The number of nitrogens with zero attached hydrogens (tertiary/aromatic N) is 3. The lowest BCUT2D eigenvalue weighted by Crippen LogP contribution is -2.33. The monoisotopic (exact) mass is 748 g/mol. The number of hydrogen-bond acceptors (Lipinski definition) is 5. The van der Waals surface area contributed by atoms with Crippen LogP contribution < -0.4 is 5.32 Å². The molecule has 5 nitrogen and oxygen atoms in total. The number of aromatic nitrogens is 1. The Hall–Kier alpha value is -7.28. The summed E-state index contributed by atoms with van der Waals surface area (Å²) in [6.07, 6.45) is -0.321. The molecule has 0 aliphatic carbocycles. The maximum absolute atomic E-state index is 6.70. The normalized spacial score (nSPS) is 14.5. The average Bonchev–Trinajstić information content (AvgIpc) is 3.96. The van der Waals surface area contributed by atoms with Crippen LogP contribution in [0.25, 0.3) is 80.7 Å². The van der Waals surface area contributed by atoms with Gasteiger partial charge >= 0.3 is 0 Å². The second-order valence-corrected chi connectivity index (χ2v) is 15.6. The van der Waals surface area contributed by atoms with E-state index in [-0.39, 0.29) is 6.17 Å². The van der Waals surface area contributed by atoms with Crippen LogP contribution >= 0.6 is 11.3 Å². The Bertz CT molecular complexity index is 3390. The van der Waals surface area contributed by atoms with E-state index >= 15 is 0 Å². The highest BCUT2D eigenvalue weighted by atomic mass is 32.1. The largest absolute Gasteiger partial charge is 0.456 e. The van der Waals surface area contributed by atoms with Gasteiger partial charge in [-0.1, -0.05) is 146 Å². The van der Waals surface area contributed by atoms with Gasteiger partial charge < -0.3 is 14.3 Å². The fourth-order valence-corrected chi connectivity index (χ4v) is 10.1. The highest BCUT2D eigenvalue weighted by Gasteiger charge is 2.25. The van der Waals surface area contributed by atoms with Gasteiger partial charge in [0.25, 0.3) is 0 Å². The second-order valence-electron chi connectivity index (χ2n) is 14.5. The molecule has 1 unspecified atom stereocenters. The van der Waals surface area contributed by atoms with Crippen molar-refractivity contribution in [2.75, 3.05) is 0 Å². The molecule has 4 heterocycles. The standard InChI is InChI=1S/C51H32N4OS/c1-3-14-31(15-4-1)49-52-50(32-16-5-2-6-17-32)54-51(53-49)41-24-12-23-39-38-22-11-21-37(47(38)57-48(39)41)36-20-13-27-44-46(36)40-29-28-33(30-45(40)56-44)55-42-25-9-7-18-34(42)35-19-8-10-26-43(35)55/h1-30,51H,(H,52,53,54). The minimum atomic E-state index is -0.321. The molecule has 11 aromatic rings. The number of rotatable bonds is 5. The molecule has 1 atom stereocenters. The SMILES string of the molecule is c1ccc(C2=NC(c3cccc4c3sc3c(-c5cccc6oc7cc(-n8c9ccccc9c9ccccc98)ccc7c56)cccc34)NC(c3ccccc3)=N2)cc1. The lowest BCUT2D eigenvalue weighted by atomic mass is 9.97. The molecule has 1 aliphatic heterocycles. The lowest BCUT2D eigenvalue weighted by Gasteiger charge is -2.24. The summed E-state index contributed by atoms with van der Waals surface area (Å²) in [5.41, 5.74) is 10.7. The van der Waals surface area contributed by atoms with E-state index in [1.54, 1.807) is 0 Å². The van der Waals surface area contributed by atoms with Crippen LogP contribution in [-0.4, -0.2) is 16.2 Å². The number of aliphatic imine (C=N–C) groups is 2. The van der Waals surface area contributed by atoms with Gasteiger partial charge in [-0.25, -0.2) is 9.98 Å². The Balaban J connectivity index is 1.01. The Morgan fingerprint density at radius 2 is 1.14 bits per heavy atom. The van der Waals surface area contributed by atoms with E-state index < -0.39 is 0 Å². The van der Waals surface area contributed by atoms with Crippen molar-refractivity contribution in [3.63, 3.8) is 0 Å². The van der Waals surface area contributed by atoms with Crippen LogP contribution in [0.3, 0.4) is 0 Å². The van der Waals surface area contributed by atoms with E-state index in [2.05, 4.69) is 155 Å². The zero-order chi connectivity index (χ0) is 37.5. The predicted molar refractivity (Wildman–Crippen MR) is 238 cm³/mol.